The summed E-state index contributed by atoms with van der Waals surface area (Å²) in [4.78, 5) is 1.80. The molecule has 2 N–H and O–H groups in total. The van der Waals surface area contributed by atoms with Crippen molar-refractivity contribution in [2.75, 3.05) is 38.3 Å². The number of hydrogen-bond donors (Lipinski definition) is 2. The number of aliphatic hydroxyl groups is 2. The van der Waals surface area contributed by atoms with Gasteiger partial charge in [-0.25, -0.2) is 0 Å². The van der Waals surface area contributed by atoms with E-state index in [0.717, 1.165) is 5.69 Å². The molecule has 0 saturated heterocycles. The third-order valence-corrected chi connectivity index (χ3v) is 2.45. The number of anilines is 1. The number of aliphatic hydroxyl groups excluding tert-OH is 2. The van der Waals surface area contributed by atoms with Crippen molar-refractivity contribution >= 4 is 11.4 Å². The largest absolute Gasteiger partial charge is 0.495 e. The Morgan fingerprint density at radius 1 is 1.32 bits per heavy atom. The van der Waals surface area contributed by atoms with Gasteiger partial charge in [-0.1, -0.05) is 5.11 Å². The monoisotopic (exact) mass is 264 g/mol. The first-order valence-corrected chi connectivity index (χ1v) is 5.71. The molecule has 0 fully saturated rings. The van der Waals surface area contributed by atoms with Gasteiger partial charge in [0.25, 0.3) is 0 Å². The summed E-state index contributed by atoms with van der Waals surface area (Å²) in [6.07, 6.45) is 1.57. The van der Waals surface area contributed by atoms with Gasteiger partial charge < -0.3 is 19.8 Å². The van der Waals surface area contributed by atoms with Crippen LogP contribution >= 0.6 is 0 Å². The van der Waals surface area contributed by atoms with E-state index < -0.39 is 0 Å². The van der Waals surface area contributed by atoms with Gasteiger partial charge in [0.05, 0.1) is 31.7 Å². The highest BCUT2D eigenvalue weighted by molar-refractivity contribution is 5.63. The second kappa shape index (κ2) is 8.02. The van der Waals surface area contributed by atoms with E-state index in [1.807, 2.05) is 0 Å². The number of rotatable bonds is 7. The molecule has 0 bridgehead atoms. The van der Waals surface area contributed by atoms with Gasteiger partial charge in [-0.05, 0) is 12.1 Å². The molecule has 0 aliphatic rings. The fourth-order valence-electron chi connectivity index (χ4n) is 1.66. The minimum atomic E-state index is -0.0287. The Bertz CT molecular complexity index is 465. The summed E-state index contributed by atoms with van der Waals surface area (Å²) < 4.78 is 5.25. The third-order valence-electron chi connectivity index (χ3n) is 2.45. The maximum atomic E-state index is 9.03. The van der Waals surface area contributed by atoms with Crippen LogP contribution in [0.2, 0.25) is 0 Å². The van der Waals surface area contributed by atoms with Crippen molar-refractivity contribution in [3.63, 3.8) is 0 Å². The number of benzene rings is 1. The number of methoxy groups -OCH3 is 1. The molecule has 7 nitrogen and oxygen atoms in total. The van der Waals surface area contributed by atoms with Gasteiger partial charge in [-0.3, -0.25) is 0 Å². The minimum absolute atomic E-state index is 0.0287. The summed E-state index contributed by atoms with van der Waals surface area (Å²) >= 11 is 0. The van der Waals surface area contributed by atoms with Gasteiger partial charge in [0.2, 0.25) is 6.19 Å². The van der Waals surface area contributed by atoms with Crippen LogP contribution in [-0.4, -0.2) is 43.6 Å². The Labute approximate surface area is 111 Å². The lowest BCUT2D eigenvalue weighted by Gasteiger charge is -2.24. The van der Waals surface area contributed by atoms with Crippen molar-refractivity contribution in [3.05, 3.63) is 18.2 Å². The van der Waals surface area contributed by atoms with Crippen molar-refractivity contribution in [1.29, 1.82) is 5.26 Å². The zero-order chi connectivity index (χ0) is 14.1. The van der Waals surface area contributed by atoms with Gasteiger partial charge >= 0.3 is 0 Å². The standard InChI is InChI=1S/C12H16N4O3/c1-19-12-8-10(15-14-9-13)2-3-11(12)16(4-6-17)5-7-18/h2-3,8,17-18H,4-7H2,1H3. The fraction of sp³-hybridized carbons (Fsp3) is 0.417. The number of azo groups is 1. The highest BCUT2D eigenvalue weighted by Crippen LogP contribution is 2.32. The summed E-state index contributed by atoms with van der Waals surface area (Å²) in [5, 5.41) is 33.3. The normalized spacial score (nSPS) is 10.4. The summed E-state index contributed by atoms with van der Waals surface area (Å²) in [5.41, 5.74) is 1.23. The minimum Gasteiger partial charge on any atom is -0.495 e. The molecule has 0 aliphatic heterocycles. The first-order valence-electron chi connectivity index (χ1n) is 5.71. The maximum absolute atomic E-state index is 9.03. The van der Waals surface area contributed by atoms with Crippen LogP contribution in [0.4, 0.5) is 11.4 Å². The highest BCUT2D eigenvalue weighted by Gasteiger charge is 2.12. The zero-order valence-corrected chi connectivity index (χ0v) is 10.7. The molecule has 0 aliphatic carbocycles. The predicted octanol–water partition coefficient (Wildman–Crippen LogP) is 1.05. The van der Waals surface area contributed by atoms with Gasteiger partial charge in [-0.15, -0.1) is 5.11 Å². The van der Waals surface area contributed by atoms with Crippen LogP contribution in [0.15, 0.2) is 28.4 Å². The lowest BCUT2D eigenvalue weighted by molar-refractivity contribution is 0.280. The third kappa shape index (κ3) is 4.21. The SMILES string of the molecule is COc1cc(N=NC#N)ccc1N(CCO)CCO. The van der Waals surface area contributed by atoms with E-state index in [9.17, 15) is 0 Å². The van der Waals surface area contributed by atoms with Crippen LogP contribution in [0.3, 0.4) is 0 Å². The molecule has 0 atom stereocenters. The van der Waals surface area contributed by atoms with Crippen LogP contribution in [0.5, 0.6) is 5.75 Å². The smallest absolute Gasteiger partial charge is 0.226 e. The van der Waals surface area contributed by atoms with Gasteiger partial charge in [-0.2, -0.15) is 5.26 Å². The van der Waals surface area contributed by atoms with E-state index in [1.165, 1.54) is 7.11 Å². The van der Waals surface area contributed by atoms with Crippen molar-refractivity contribution in [3.8, 4) is 11.9 Å². The molecule has 0 aromatic heterocycles. The van der Waals surface area contributed by atoms with Crippen LogP contribution in [0.1, 0.15) is 0 Å². The molecule has 0 unspecified atom stereocenters. The highest BCUT2D eigenvalue weighted by atomic mass is 16.5. The molecule has 7 heteroatoms. The molecule has 1 aromatic rings. The number of ether oxygens (including phenoxy) is 1. The quantitative estimate of drug-likeness (QED) is 0.566. The second-order valence-electron chi connectivity index (χ2n) is 3.59. The molecule has 19 heavy (non-hydrogen) atoms. The van der Waals surface area contributed by atoms with E-state index >= 15 is 0 Å². The summed E-state index contributed by atoms with van der Waals surface area (Å²) in [6, 6.07) is 5.06. The summed E-state index contributed by atoms with van der Waals surface area (Å²) in [7, 11) is 1.51. The van der Waals surface area contributed by atoms with Crippen LogP contribution in [-0.2, 0) is 0 Å². The maximum Gasteiger partial charge on any atom is 0.226 e. The molecule has 0 heterocycles. The lowest BCUT2D eigenvalue weighted by Crippen LogP contribution is -2.29. The molecule has 1 aromatic carbocycles. The number of nitriles is 1. The van der Waals surface area contributed by atoms with Gasteiger partial charge in [0.1, 0.15) is 5.75 Å². The predicted molar refractivity (Wildman–Crippen MR) is 69.5 cm³/mol. The van der Waals surface area contributed by atoms with E-state index in [2.05, 4.69) is 10.2 Å². The van der Waals surface area contributed by atoms with Crippen LogP contribution in [0, 0.1) is 11.5 Å². The fourth-order valence-corrected chi connectivity index (χ4v) is 1.66. The molecule has 1 rings (SSSR count). The molecular weight excluding hydrogens is 248 g/mol. The summed E-state index contributed by atoms with van der Waals surface area (Å²) in [6.45, 7) is 0.712. The Morgan fingerprint density at radius 2 is 2.00 bits per heavy atom. The Kier molecular flexibility index (Phi) is 6.29. The van der Waals surface area contributed by atoms with Crippen LogP contribution < -0.4 is 9.64 Å². The Hall–Kier alpha value is -2.17. The molecule has 102 valence electrons. The lowest BCUT2D eigenvalue weighted by atomic mass is 10.2. The van der Waals surface area contributed by atoms with Crippen molar-refractivity contribution in [2.24, 2.45) is 10.2 Å². The first-order chi connectivity index (χ1) is 9.26. The topological polar surface area (TPSA) is 101 Å². The van der Waals surface area contributed by atoms with E-state index in [4.69, 9.17) is 20.2 Å². The number of nitrogens with zero attached hydrogens (tertiary/aromatic N) is 4. The average Bonchev–Trinajstić information content (AvgIpc) is 2.44. The van der Waals surface area contributed by atoms with Crippen LogP contribution in [0.25, 0.3) is 0 Å². The van der Waals surface area contributed by atoms with Crippen molar-refractivity contribution in [1.82, 2.24) is 0 Å². The zero-order valence-electron chi connectivity index (χ0n) is 10.7. The summed E-state index contributed by atoms with van der Waals surface area (Å²) in [5.74, 6) is 0.538. The molecule has 0 spiro atoms. The molecule has 0 radical (unpaired) electrons. The van der Waals surface area contributed by atoms with E-state index in [0.29, 0.717) is 24.5 Å². The second-order valence-corrected chi connectivity index (χ2v) is 3.59. The molecular formula is C12H16N4O3. The van der Waals surface area contributed by atoms with Gasteiger partial charge in [0, 0.05) is 19.2 Å². The van der Waals surface area contributed by atoms with Crippen molar-refractivity contribution < 1.29 is 14.9 Å². The van der Waals surface area contributed by atoms with E-state index in [-0.39, 0.29) is 13.2 Å². The van der Waals surface area contributed by atoms with E-state index in [1.54, 1.807) is 29.3 Å². The van der Waals surface area contributed by atoms with Crippen molar-refractivity contribution in [2.45, 2.75) is 0 Å². The Morgan fingerprint density at radius 3 is 2.53 bits per heavy atom. The molecule has 0 saturated carbocycles. The molecule has 0 amide bonds. The first kappa shape index (κ1) is 14.9. The van der Waals surface area contributed by atoms with Gasteiger partial charge in [0.15, 0.2) is 0 Å². The average molecular weight is 264 g/mol. The number of hydrogen-bond acceptors (Lipinski definition) is 7. The Balaban J connectivity index is 3.05.